The lowest BCUT2D eigenvalue weighted by Crippen LogP contribution is -2.48. The first-order valence-corrected chi connectivity index (χ1v) is 7.85. The zero-order valence-electron chi connectivity index (χ0n) is 13.3. The predicted molar refractivity (Wildman–Crippen MR) is 89.7 cm³/mol. The Hall–Kier alpha value is -2.50. The lowest BCUT2D eigenvalue weighted by Gasteiger charge is -2.19. The summed E-state index contributed by atoms with van der Waals surface area (Å²) in [7, 11) is 0. The van der Waals surface area contributed by atoms with Gasteiger partial charge in [-0.3, -0.25) is 9.59 Å². The van der Waals surface area contributed by atoms with Crippen LogP contribution in [0.5, 0.6) is 0 Å². The van der Waals surface area contributed by atoms with Crippen LogP contribution in [-0.4, -0.2) is 40.7 Å². The molecule has 124 valence electrons. The number of aliphatic hydroxyl groups excluding tert-OH is 2. The number of hydrogen-bond donors (Lipinski definition) is 3. The summed E-state index contributed by atoms with van der Waals surface area (Å²) in [6.45, 7) is 0.674. The molecule has 0 fully saturated rings. The minimum atomic E-state index is -1.12. The van der Waals surface area contributed by atoms with E-state index < -0.39 is 30.4 Å². The summed E-state index contributed by atoms with van der Waals surface area (Å²) in [6.07, 6.45) is -0.311. The molecule has 5 heteroatoms. The van der Waals surface area contributed by atoms with Crippen LogP contribution in [0.2, 0.25) is 0 Å². The molecule has 3 rings (SSSR count). The second-order valence-corrected chi connectivity index (χ2v) is 6.02. The van der Waals surface area contributed by atoms with Gasteiger partial charge in [0.25, 0.3) is 5.91 Å². The Morgan fingerprint density at radius 3 is 2.54 bits per heavy atom. The number of nitrogens with one attached hydrogen (secondary N) is 1. The minimum absolute atomic E-state index is 0.429. The lowest BCUT2D eigenvalue weighted by atomic mass is 10.0. The lowest BCUT2D eigenvalue weighted by molar-refractivity contribution is -0.125. The average molecular weight is 325 g/mol. The maximum absolute atomic E-state index is 12.4. The fraction of sp³-hybridized carbons (Fsp3) is 0.263. The molecule has 0 saturated carbocycles. The van der Waals surface area contributed by atoms with Crippen molar-refractivity contribution in [3.8, 4) is 11.1 Å². The molecule has 1 amide bonds. The van der Waals surface area contributed by atoms with Gasteiger partial charge in [0.2, 0.25) is 0 Å². The Kier molecular flexibility index (Phi) is 4.46. The Bertz CT molecular complexity index is 798. The summed E-state index contributed by atoms with van der Waals surface area (Å²) < 4.78 is 0. The van der Waals surface area contributed by atoms with Gasteiger partial charge in [-0.25, -0.2) is 0 Å². The van der Waals surface area contributed by atoms with E-state index in [2.05, 4.69) is 17.4 Å². The van der Waals surface area contributed by atoms with E-state index in [9.17, 15) is 14.7 Å². The molecule has 5 nitrogen and oxygen atoms in total. The van der Waals surface area contributed by atoms with Crippen LogP contribution in [-0.2, 0) is 11.2 Å². The first kappa shape index (κ1) is 16.4. The van der Waals surface area contributed by atoms with Crippen molar-refractivity contribution in [1.82, 2.24) is 5.32 Å². The molecule has 0 saturated heterocycles. The topological polar surface area (TPSA) is 86.6 Å². The number of fused-ring (bicyclic) bond motifs is 3. The molecule has 0 heterocycles. The van der Waals surface area contributed by atoms with Crippen LogP contribution in [0.1, 0.15) is 28.4 Å². The SMILES string of the molecule is C[C@@H](O)[C@H](NC(=O)c1ccc2c(c1)Cc1ccccc1-2)C(=O)CO. The van der Waals surface area contributed by atoms with Crippen molar-refractivity contribution in [2.45, 2.75) is 25.5 Å². The Morgan fingerprint density at radius 2 is 1.83 bits per heavy atom. The van der Waals surface area contributed by atoms with E-state index in [1.165, 1.54) is 18.1 Å². The quantitative estimate of drug-likeness (QED) is 0.660. The molecular weight excluding hydrogens is 306 g/mol. The first-order chi connectivity index (χ1) is 11.5. The summed E-state index contributed by atoms with van der Waals surface area (Å²) in [5, 5.41) is 21.1. The summed E-state index contributed by atoms with van der Waals surface area (Å²) in [5.41, 5.74) is 5.00. The van der Waals surface area contributed by atoms with E-state index >= 15 is 0 Å². The third-order valence-corrected chi connectivity index (χ3v) is 4.33. The third-order valence-electron chi connectivity index (χ3n) is 4.33. The van der Waals surface area contributed by atoms with Crippen LogP contribution in [0.15, 0.2) is 42.5 Å². The molecule has 0 bridgehead atoms. The molecule has 0 spiro atoms. The summed E-state index contributed by atoms with van der Waals surface area (Å²) in [5.74, 6) is -1.06. The number of benzene rings is 2. The molecule has 1 aliphatic carbocycles. The van der Waals surface area contributed by atoms with E-state index in [1.54, 1.807) is 6.07 Å². The van der Waals surface area contributed by atoms with Gasteiger partial charge in [-0.1, -0.05) is 30.3 Å². The number of carbonyl (C=O) groups is 2. The number of ketones is 1. The number of carbonyl (C=O) groups excluding carboxylic acids is 2. The molecule has 0 aromatic heterocycles. The van der Waals surface area contributed by atoms with E-state index in [0.717, 1.165) is 17.5 Å². The highest BCUT2D eigenvalue weighted by Crippen LogP contribution is 2.36. The van der Waals surface area contributed by atoms with Gasteiger partial charge in [0, 0.05) is 5.56 Å². The Morgan fingerprint density at radius 1 is 1.12 bits per heavy atom. The normalized spacial score (nSPS) is 14.5. The smallest absolute Gasteiger partial charge is 0.251 e. The average Bonchev–Trinajstić information content (AvgIpc) is 2.96. The molecule has 2 aromatic rings. The largest absolute Gasteiger partial charge is 0.391 e. The predicted octanol–water partition coefficient (Wildman–Crippen LogP) is 1.30. The van der Waals surface area contributed by atoms with Gasteiger partial charge in [-0.05, 0) is 47.7 Å². The monoisotopic (exact) mass is 325 g/mol. The van der Waals surface area contributed by atoms with Crippen molar-refractivity contribution in [3.05, 3.63) is 59.2 Å². The van der Waals surface area contributed by atoms with Crippen LogP contribution < -0.4 is 5.32 Å². The molecule has 24 heavy (non-hydrogen) atoms. The first-order valence-electron chi connectivity index (χ1n) is 7.85. The maximum atomic E-state index is 12.4. The van der Waals surface area contributed by atoms with Gasteiger partial charge >= 0.3 is 0 Å². The van der Waals surface area contributed by atoms with Crippen molar-refractivity contribution in [1.29, 1.82) is 0 Å². The molecule has 0 radical (unpaired) electrons. The minimum Gasteiger partial charge on any atom is -0.391 e. The van der Waals surface area contributed by atoms with E-state index in [0.29, 0.717) is 5.56 Å². The number of amides is 1. The summed E-state index contributed by atoms with van der Waals surface area (Å²) in [6, 6.07) is 12.4. The van der Waals surface area contributed by atoms with Gasteiger partial charge in [-0.2, -0.15) is 0 Å². The van der Waals surface area contributed by atoms with Crippen LogP contribution >= 0.6 is 0 Å². The van der Waals surface area contributed by atoms with Crippen molar-refractivity contribution >= 4 is 11.7 Å². The van der Waals surface area contributed by atoms with Crippen molar-refractivity contribution in [3.63, 3.8) is 0 Å². The van der Waals surface area contributed by atoms with Gasteiger partial charge in [0.1, 0.15) is 12.6 Å². The molecule has 0 aliphatic heterocycles. The van der Waals surface area contributed by atoms with Crippen LogP contribution in [0.4, 0.5) is 0 Å². The van der Waals surface area contributed by atoms with E-state index in [4.69, 9.17) is 5.11 Å². The maximum Gasteiger partial charge on any atom is 0.251 e. The molecule has 2 aromatic carbocycles. The van der Waals surface area contributed by atoms with Gasteiger partial charge in [0.05, 0.1) is 6.10 Å². The zero-order chi connectivity index (χ0) is 17.3. The summed E-state index contributed by atoms with van der Waals surface area (Å²) >= 11 is 0. The standard InChI is InChI=1S/C19H19NO4/c1-11(22)18(17(23)10-21)20-19(24)13-6-7-16-14(9-13)8-12-4-2-3-5-15(12)16/h2-7,9,11,18,21-22H,8,10H2,1H3,(H,20,24)/t11-,18+/m1/s1. The van der Waals surface area contributed by atoms with Crippen molar-refractivity contribution in [2.24, 2.45) is 0 Å². The number of aliphatic hydroxyl groups is 2. The van der Waals surface area contributed by atoms with Crippen molar-refractivity contribution in [2.75, 3.05) is 6.61 Å². The van der Waals surface area contributed by atoms with Gasteiger partial charge in [0.15, 0.2) is 5.78 Å². The van der Waals surface area contributed by atoms with Crippen molar-refractivity contribution < 1.29 is 19.8 Å². The highest BCUT2D eigenvalue weighted by molar-refractivity contribution is 5.99. The fourth-order valence-electron chi connectivity index (χ4n) is 3.08. The third kappa shape index (κ3) is 2.96. The highest BCUT2D eigenvalue weighted by Gasteiger charge is 2.26. The second kappa shape index (κ2) is 6.55. The Labute approximate surface area is 139 Å². The number of hydrogen-bond acceptors (Lipinski definition) is 4. The van der Waals surface area contributed by atoms with Crippen LogP contribution in [0.3, 0.4) is 0 Å². The second-order valence-electron chi connectivity index (χ2n) is 6.02. The molecular formula is C19H19NO4. The number of Topliss-reactive ketones (excluding diaryl/α,β-unsaturated/α-hetero) is 1. The summed E-state index contributed by atoms with van der Waals surface area (Å²) in [4.78, 5) is 24.0. The molecule has 1 aliphatic rings. The zero-order valence-corrected chi connectivity index (χ0v) is 13.3. The van der Waals surface area contributed by atoms with Crippen LogP contribution in [0, 0.1) is 0 Å². The van der Waals surface area contributed by atoms with Gasteiger partial charge in [-0.15, -0.1) is 0 Å². The van der Waals surface area contributed by atoms with Crippen LogP contribution in [0.25, 0.3) is 11.1 Å². The fourth-order valence-corrected chi connectivity index (χ4v) is 3.08. The number of rotatable bonds is 5. The molecule has 2 atom stereocenters. The van der Waals surface area contributed by atoms with E-state index in [1.807, 2.05) is 24.3 Å². The molecule has 3 N–H and O–H groups in total. The highest BCUT2D eigenvalue weighted by atomic mass is 16.3. The van der Waals surface area contributed by atoms with E-state index in [-0.39, 0.29) is 0 Å². The molecule has 0 unspecified atom stereocenters. The van der Waals surface area contributed by atoms with Gasteiger partial charge < -0.3 is 15.5 Å². The Balaban J connectivity index is 1.83.